The zero-order valence-electron chi connectivity index (χ0n) is 4.61. The molecule has 0 radical (unpaired) electrons. The molecule has 2 fully saturated rings. The number of rotatable bonds is 2. The minimum Gasteiger partial charge on any atom is -0.312 e. The van der Waals surface area contributed by atoms with Crippen molar-refractivity contribution >= 4 is 0 Å². The van der Waals surface area contributed by atoms with Gasteiger partial charge in [0, 0.05) is 0 Å². The first-order valence-electron chi connectivity index (χ1n) is 2.67. The largest absolute Gasteiger partial charge is 0.312 e. The van der Waals surface area contributed by atoms with Gasteiger partial charge in [0.2, 0.25) is 12.6 Å². The van der Waals surface area contributed by atoms with Gasteiger partial charge in [-0.25, -0.2) is 19.6 Å². The van der Waals surface area contributed by atoms with Gasteiger partial charge in [-0.2, -0.15) is 0 Å². The molecule has 2 aliphatic heterocycles. The number of hydrogen-bond acceptors (Lipinski definition) is 5. The lowest BCUT2D eigenvalue weighted by Crippen LogP contribution is -2.43. The van der Waals surface area contributed by atoms with E-state index in [0.717, 1.165) is 0 Å². The Morgan fingerprint density at radius 1 is 1.00 bits per heavy atom. The van der Waals surface area contributed by atoms with Crippen LogP contribution in [0.1, 0.15) is 0 Å². The van der Waals surface area contributed by atoms with Crippen molar-refractivity contribution in [3.63, 3.8) is 0 Å². The Kier molecular flexibility index (Phi) is 1.36. The molecule has 9 heavy (non-hydrogen) atoms. The highest BCUT2D eigenvalue weighted by molar-refractivity contribution is 4.49. The Hall–Kier alpha value is -0.200. The first-order chi connectivity index (χ1) is 4.45. The summed E-state index contributed by atoms with van der Waals surface area (Å²) in [6.07, 6.45) is -0.530. The minimum absolute atomic E-state index is 0.265. The molecule has 2 unspecified atom stereocenters. The van der Waals surface area contributed by atoms with Gasteiger partial charge in [0.05, 0.1) is 0 Å². The van der Waals surface area contributed by atoms with Gasteiger partial charge in [0.1, 0.15) is 13.2 Å². The molecule has 2 aliphatic rings. The fourth-order valence-corrected chi connectivity index (χ4v) is 0.540. The normalized spacial score (nSPS) is 41.3. The van der Waals surface area contributed by atoms with E-state index in [-0.39, 0.29) is 12.6 Å². The molecule has 5 heteroatoms. The average Bonchev–Trinajstić information content (AvgIpc) is 1.57. The fourth-order valence-electron chi connectivity index (χ4n) is 0.540. The second-order valence-corrected chi connectivity index (χ2v) is 1.76. The summed E-state index contributed by atoms with van der Waals surface area (Å²) in [4.78, 5) is 17.7. The summed E-state index contributed by atoms with van der Waals surface area (Å²) >= 11 is 0. The molecule has 0 bridgehead atoms. The Labute approximate surface area is 51.2 Å². The molecule has 52 valence electrons. The summed E-state index contributed by atoms with van der Waals surface area (Å²) in [5, 5.41) is 0. The van der Waals surface area contributed by atoms with E-state index in [1.807, 2.05) is 0 Å². The maximum atomic E-state index is 5.03. The van der Waals surface area contributed by atoms with Gasteiger partial charge in [0.15, 0.2) is 0 Å². The molecule has 0 amide bonds. The van der Waals surface area contributed by atoms with Gasteiger partial charge >= 0.3 is 0 Å². The van der Waals surface area contributed by atoms with Crippen LogP contribution in [0.4, 0.5) is 0 Å². The summed E-state index contributed by atoms with van der Waals surface area (Å²) in [6.45, 7) is 0.944. The first kappa shape index (κ1) is 5.57. The Bertz CT molecular complexity index is 85.1. The van der Waals surface area contributed by atoms with Crippen molar-refractivity contribution in [2.24, 2.45) is 0 Å². The van der Waals surface area contributed by atoms with Gasteiger partial charge in [-0.15, -0.1) is 0 Å². The van der Waals surface area contributed by atoms with Crippen LogP contribution in [0, 0.1) is 0 Å². The smallest absolute Gasteiger partial charge is 0.220 e. The van der Waals surface area contributed by atoms with Crippen molar-refractivity contribution in [3.8, 4) is 0 Å². The predicted molar refractivity (Wildman–Crippen MR) is 22.7 cm³/mol. The zero-order chi connectivity index (χ0) is 6.10. The van der Waals surface area contributed by atoms with E-state index >= 15 is 0 Å². The van der Waals surface area contributed by atoms with Gasteiger partial charge < -0.3 is 4.74 Å². The molecule has 0 N–H and O–H groups in total. The molecule has 2 saturated heterocycles. The lowest BCUT2D eigenvalue weighted by Gasteiger charge is -2.31. The van der Waals surface area contributed by atoms with Crippen LogP contribution in [0.15, 0.2) is 0 Å². The lowest BCUT2D eigenvalue weighted by molar-refractivity contribution is -0.552. The molecule has 2 rings (SSSR count). The van der Waals surface area contributed by atoms with Crippen molar-refractivity contribution in [2.45, 2.75) is 12.6 Å². The highest BCUT2D eigenvalue weighted by Gasteiger charge is 2.30. The van der Waals surface area contributed by atoms with Crippen molar-refractivity contribution in [3.05, 3.63) is 0 Å². The second-order valence-electron chi connectivity index (χ2n) is 1.76. The fraction of sp³-hybridized carbons (Fsp3) is 1.00. The van der Waals surface area contributed by atoms with Crippen LogP contribution in [0.25, 0.3) is 0 Å². The molecule has 0 aromatic carbocycles. The number of hydrogen-bond donors (Lipinski definition) is 0. The molecule has 2 heterocycles. The van der Waals surface area contributed by atoms with Crippen LogP contribution in [0.2, 0.25) is 0 Å². The standard InChI is InChI=1S/C4H6O5/c1-3(8-5-1)7-4-2-6-9-4/h3-4H,1-2H2. The third-order valence-corrected chi connectivity index (χ3v) is 1.06. The third kappa shape index (κ3) is 1.05. The van der Waals surface area contributed by atoms with Crippen LogP contribution in [-0.2, 0) is 24.3 Å². The van der Waals surface area contributed by atoms with Crippen LogP contribution in [0.3, 0.4) is 0 Å². The summed E-state index contributed by atoms with van der Waals surface area (Å²) in [7, 11) is 0. The molecule has 0 aliphatic carbocycles. The lowest BCUT2D eigenvalue weighted by atomic mass is 10.6. The van der Waals surface area contributed by atoms with Gasteiger partial charge in [-0.05, 0) is 0 Å². The Morgan fingerprint density at radius 3 is 1.67 bits per heavy atom. The first-order valence-corrected chi connectivity index (χ1v) is 2.67. The molecule has 2 atom stereocenters. The van der Waals surface area contributed by atoms with Crippen LogP contribution in [0.5, 0.6) is 0 Å². The van der Waals surface area contributed by atoms with E-state index in [1.165, 1.54) is 0 Å². The summed E-state index contributed by atoms with van der Waals surface area (Å²) in [5.74, 6) is 0. The molecule has 0 aromatic rings. The van der Waals surface area contributed by atoms with E-state index in [9.17, 15) is 0 Å². The topological polar surface area (TPSA) is 46.2 Å². The molecule has 0 aromatic heterocycles. The van der Waals surface area contributed by atoms with Crippen LogP contribution >= 0.6 is 0 Å². The number of ether oxygens (including phenoxy) is 1. The van der Waals surface area contributed by atoms with E-state index in [4.69, 9.17) is 4.74 Å². The second kappa shape index (κ2) is 2.20. The SMILES string of the molecule is C1OOC1OC1COO1. The summed E-state index contributed by atoms with van der Waals surface area (Å²) in [5.41, 5.74) is 0. The highest BCUT2D eigenvalue weighted by Crippen LogP contribution is 2.15. The maximum Gasteiger partial charge on any atom is 0.220 e. The van der Waals surface area contributed by atoms with E-state index in [1.54, 1.807) is 0 Å². The summed E-state index contributed by atoms with van der Waals surface area (Å²) in [6, 6.07) is 0. The monoisotopic (exact) mass is 134 g/mol. The van der Waals surface area contributed by atoms with E-state index < -0.39 is 0 Å². The van der Waals surface area contributed by atoms with Crippen molar-refractivity contribution in [2.75, 3.05) is 13.2 Å². The maximum absolute atomic E-state index is 5.03. The molecule has 0 spiro atoms. The van der Waals surface area contributed by atoms with E-state index in [2.05, 4.69) is 19.6 Å². The Morgan fingerprint density at radius 2 is 1.44 bits per heavy atom. The minimum atomic E-state index is -0.265. The summed E-state index contributed by atoms with van der Waals surface area (Å²) < 4.78 is 5.03. The molecular formula is C4H6O5. The quantitative estimate of drug-likeness (QED) is 0.480. The predicted octanol–water partition coefficient (Wildman–Crippen LogP) is -0.421. The van der Waals surface area contributed by atoms with Crippen molar-refractivity contribution in [1.29, 1.82) is 0 Å². The molecule has 0 saturated carbocycles. The van der Waals surface area contributed by atoms with Gasteiger partial charge in [-0.3, -0.25) is 0 Å². The van der Waals surface area contributed by atoms with Crippen molar-refractivity contribution < 1.29 is 24.3 Å². The Balaban J connectivity index is 1.64. The van der Waals surface area contributed by atoms with Crippen LogP contribution in [-0.4, -0.2) is 25.8 Å². The van der Waals surface area contributed by atoms with Gasteiger partial charge in [0.25, 0.3) is 0 Å². The average molecular weight is 134 g/mol. The molecule has 5 nitrogen and oxygen atoms in total. The highest BCUT2D eigenvalue weighted by atomic mass is 17.3. The van der Waals surface area contributed by atoms with Crippen LogP contribution < -0.4 is 0 Å². The van der Waals surface area contributed by atoms with Gasteiger partial charge in [-0.1, -0.05) is 0 Å². The van der Waals surface area contributed by atoms with Crippen molar-refractivity contribution in [1.82, 2.24) is 0 Å². The zero-order valence-corrected chi connectivity index (χ0v) is 4.61. The van der Waals surface area contributed by atoms with E-state index in [0.29, 0.717) is 13.2 Å². The molecular weight excluding hydrogens is 128 g/mol. The third-order valence-electron chi connectivity index (χ3n) is 1.06.